The molecule has 1 amide bonds. The van der Waals surface area contributed by atoms with Gasteiger partial charge in [0.25, 0.3) is 5.91 Å². The number of rotatable bonds is 8. The number of nitrogens with zero attached hydrogens (tertiary/aromatic N) is 2. The minimum atomic E-state index is -0.263. The number of aromatic nitrogens is 2. The number of benzene rings is 3. The highest BCUT2D eigenvalue weighted by atomic mass is 35.5. The average molecular weight is 472 g/mol. The lowest BCUT2D eigenvalue weighted by molar-refractivity contribution is 0.0745. The number of carbonyl (C=O) groups excluding carboxylic acids is 1. The van der Waals surface area contributed by atoms with Gasteiger partial charge in [-0.3, -0.25) is 9.89 Å². The summed E-state index contributed by atoms with van der Waals surface area (Å²) < 4.78 is 5.90. The smallest absolute Gasteiger partial charge is 0.273 e. The van der Waals surface area contributed by atoms with E-state index in [9.17, 15) is 4.79 Å². The maximum Gasteiger partial charge on any atom is 0.273 e. The van der Waals surface area contributed by atoms with Crippen LogP contribution in [0.25, 0.3) is 11.3 Å². The van der Waals surface area contributed by atoms with E-state index >= 15 is 0 Å². The van der Waals surface area contributed by atoms with Crippen LogP contribution in [0.2, 0.25) is 5.02 Å². The normalized spacial score (nSPS) is 14.9. The molecule has 4 aromatic rings. The first-order valence-corrected chi connectivity index (χ1v) is 12.0. The number of amides is 1. The monoisotopic (exact) mass is 471 g/mol. The number of halogens is 1. The van der Waals surface area contributed by atoms with Crippen LogP contribution in [0.1, 0.15) is 46.6 Å². The molecule has 34 heavy (non-hydrogen) atoms. The average Bonchev–Trinajstić information content (AvgIpc) is 3.41. The van der Waals surface area contributed by atoms with Gasteiger partial charge in [-0.15, -0.1) is 0 Å². The molecule has 0 aliphatic carbocycles. The van der Waals surface area contributed by atoms with Crippen molar-refractivity contribution >= 4 is 17.5 Å². The van der Waals surface area contributed by atoms with Gasteiger partial charge in [0.05, 0.1) is 18.3 Å². The van der Waals surface area contributed by atoms with Gasteiger partial charge < -0.3 is 9.64 Å². The molecule has 2 heterocycles. The SMILES string of the molecule is CCCOc1cccc(C2c3c(-c4ccc(Cl)cc4)n[nH]c3C(=O)N2CCc2ccccc2)c1. The van der Waals surface area contributed by atoms with Crippen molar-refractivity contribution in [2.24, 2.45) is 0 Å². The Morgan fingerprint density at radius 3 is 2.59 bits per heavy atom. The van der Waals surface area contributed by atoms with Crippen LogP contribution in [0.15, 0.2) is 78.9 Å². The van der Waals surface area contributed by atoms with E-state index in [1.807, 2.05) is 65.6 Å². The number of aromatic amines is 1. The minimum absolute atomic E-state index is 0.0384. The summed E-state index contributed by atoms with van der Waals surface area (Å²) in [5.74, 6) is 0.767. The van der Waals surface area contributed by atoms with Crippen molar-refractivity contribution in [3.8, 4) is 17.0 Å². The van der Waals surface area contributed by atoms with Gasteiger partial charge in [0.15, 0.2) is 0 Å². The first-order valence-electron chi connectivity index (χ1n) is 11.6. The molecule has 0 fully saturated rings. The quantitative estimate of drug-likeness (QED) is 0.327. The van der Waals surface area contributed by atoms with E-state index in [0.29, 0.717) is 23.9 Å². The van der Waals surface area contributed by atoms with Gasteiger partial charge in [0.2, 0.25) is 0 Å². The van der Waals surface area contributed by atoms with Crippen molar-refractivity contribution in [2.45, 2.75) is 25.8 Å². The Balaban J connectivity index is 1.56. The third-order valence-corrected chi connectivity index (χ3v) is 6.36. The lowest BCUT2D eigenvalue weighted by Gasteiger charge is -2.27. The van der Waals surface area contributed by atoms with Crippen LogP contribution in [0.3, 0.4) is 0 Å². The van der Waals surface area contributed by atoms with Crippen LogP contribution >= 0.6 is 11.6 Å². The molecule has 6 heteroatoms. The molecule has 1 aliphatic heterocycles. The van der Waals surface area contributed by atoms with Crippen LogP contribution in [-0.2, 0) is 6.42 Å². The first kappa shape index (κ1) is 22.2. The molecule has 0 saturated heterocycles. The largest absolute Gasteiger partial charge is 0.494 e. The molecule has 1 atom stereocenters. The Morgan fingerprint density at radius 1 is 1.03 bits per heavy atom. The number of nitrogens with one attached hydrogen (secondary N) is 1. The zero-order chi connectivity index (χ0) is 23.5. The van der Waals surface area contributed by atoms with E-state index in [1.54, 1.807) is 0 Å². The van der Waals surface area contributed by atoms with Crippen LogP contribution in [-0.4, -0.2) is 34.2 Å². The Morgan fingerprint density at radius 2 is 1.82 bits per heavy atom. The van der Waals surface area contributed by atoms with Crippen molar-refractivity contribution in [3.05, 3.63) is 106 Å². The van der Waals surface area contributed by atoms with E-state index in [-0.39, 0.29) is 11.9 Å². The van der Waals surface area contributed by atoms with E-state index in [0.717, 1.165) is 41.0 Å². The summed E-state index contributed by atoms with van der Waals surface area (Å²) in [7, 11) is 0. The molecule has 1 N–H and O–H groups in total. The Hall–Kier alpha value is -3.57. The zero-order valence-electron chi connectivity index (χ0n) is 19.0. The standard InChI is InChI=1S/C28H26ClN3O2/c1-2-17-34-23-10-6-9-21(18-23)27-24-25(20-11-13-22(29)14-12-20)30-31-26(24)28(33)32(27)16-15-19-7-4-3-5-8-19/h3-14,18,27H,2,15-17H2,1H3,(H,30,31). The second-order valence-electron chi connectivity index (χ2n) is 8.43. The molecule has 0 saturated carbocycles. The van der Waals surface area contributed by atoms with Gasteiger partial charge in [0.1, 0.15) is 11.4 Å². The van der Waals surface area contributed by atoms with Gasteiger partial charge in [-0.1, -0.05) is 73.1 Å². The second kappa shape index (κ2) is 9.74. The van der Waals surface area contributed by atoms with E-state index < -0.39 is 0 Å². The minimum Gasteiger partial charge on any atom is -0.494 e. The van der Waals surface area contributed by atoms with Crippen molar-refractivity contribution in [1.29, 1.82) is 0 Å². The topological polar surface area (TPSA) is 58.2 Å². The van der Waals surface area contributed by atoms with Gasteiger partial charge >= 0.3 is 0 Å². The molecule has 3 aromatic carbocycles. The molecule has 1 aromatic heterocycles. The van der Waals surface area contributed by atoms with Crippen molar-refractivity contribution in [3.63, 3.8) is 0 Å². The van der Waals surface area contributed by atoms with Crippen LogP contribution in [0.4, 0.5) is 0 Å². The van der Waals surface area contributed by atoms with Gasteiger partial charge in [-0.05, 0) is 48.2 Å². The first-order chi connectivity index (χ1) is 16.7. The lowest BCUT2D eigenvalue weighted by Crippen LogP contribution is -2.31. The third kappa shape index (κ3) is 4.31. The molecule has 1 unspecified atom stereocenters. The molecule has 5 nitrogen and oxygen atoms in total. The fraction of sp³-hybridized carbons (Fsp3) is 0.214. The zero-order valence-corrected chi connectivity index (χ0v) is 19.8. The molecule has 0 radical (unpaired) electrons. The molecule has 0 spiro atoms. The number of hydrogen-bond acceptors (Lipinski definition) is 3. The van der Waals surface area contributed by atoms with Crippen LogP contribution in [0, 0.1) is 0 Å². The summed E-state index contributed by atoms with van der Waals surface area (Å²) in [5.41, 5.74) is 5.33. The second-order valence-corrected chi connectivity index (χ2v) is 8.86. The summed E-state index contributed by atoms with van der Waals surface area (Å²) in [5, 5.41) is 8.22. The van der Waals surface area contributed by atoms with E-state index in [2.05, 4.69) is 35.3 Å². The van der Waals surface area contributed by atoms with Crippen molar-refractivity contribution in [2.75, 3.05) is 13.2 Å². The number of carbonyl (C=O) groups is 1. The summed E-state index contributed by atoms with van der Waals surface area (Å²) in [4.78, 5) is 15.5. The molecule has 1 aliphatic rings. The van der Waals surface area contributed by atoms with Gasteiger partial charge in [-0.25, -0.2) is 0 Å². The number of fused-ring (bicyclic) bond motifs is 1. The molecule has 0 bridgehead atoms. The highest BCUT2D eigenvalue weighted by Gasteiger charge is 2.42. The van der Waals surface area contributed by atoms with Gasteiger partial charge in [-0.2, -0.15) is 5.10 Å². The Labute approximate surface area is 204 Å². The number of ether oxygens (including phenoxy) is 1. The Bertz CT molecular complexity index is 1280. The number of H-pyrrole nitrogens is 1. The molecule has 5 rings (SSSR count). The predicted molar refractivity (Wildman–Crippen MR) is 134 cm³/mol. The van der Waals surface area contributed by atoms with Gasteiger partial charge in [0, 0.05) is 22.7 Å². The maximum atomic E-state index is 13.6. The van der Waals surface area contributed by atoms with Crippen LogP contribution < -0.4 is 4.74 Å². The summed E-state index contributed by atoms with van der Waals surface area (Å²) in [6.45, 7) is 3.33. The Kier molecular flexibility index (Phi) is 6.37. The van der Waals surface area contributed by atoms with Crippen molar-refractivity contribution in [1.82, 2.24) is 15.1 Å². The summed E-state index contributed by atoms with van der Waals surface area (Å²) in [6, 6.07) is 25.6. The van der Waals surface area contributed by atoms with E-state index in [1.165, 1.54) is 5.56 Å². The lowest BCUT2D eigenvalue weighted by atomic mass is 9.95. The highest BCUT2D eigenvalue weighted by Crippen LogP contribution is 2.43. The van der Waals surface area contributed by atoms with Crippen molar-refractivity contribution < 1.29 is 9.53 Å². The molecular formula is C28H26ClN3O2. The predicted octanol–water partition coefficient (Wildman–Crippen LogP) is 6.31. The molecule has 172 valence electrons. The third-order valence-electron chi connectivity index (χ3n) is 6.11. The number of hydrogen-bond donors (Lipinski definition) is 1. The van der Waals surface area contributed by atoms with E-state index in [4.69, 9.17) is 16.3 Å². The van der Waals surface area contributed by atoms with Crippen LogP contribution in [0.5, 0.6) is 5.75 Å². The molecular weight excluding hydrogens is 446 g/mol. The maximum absolute atomic E-state index is 13.6. The fourth-order valence-corrected chi connectivity index (χ4v) is 4.62. The highest BCUT2D eigenvalue weighted by molar-refractivity contribution is 6.30. The summed E-state index contributed by atoms with van der Waals surface area (Å²) >= 11 is 6.12. The summed E-state index contributed by atoms with van der Waals surface area (Å²) in [6.07, 6.45) is 1.70. The fourth-order valence-electron chi connectivity index (χ4n) is 4.49.